The monoisotopic (exact) mass is 312 g/mol. The van der Waals surface area contributed by atoms with Gasteiger partial charge in [0.1, 0.15) is 12.7 Å². The maximum Gasteiger partial charge on any atom is 0.333 e. The number of hydrogen-bond acceptors (Lipinski definition) is 4. The van der Waals surface area contributed by atoms with Gasteiger partial charge in [0.2, 0.25) is 0 Å². The van der Waals surface area contributed by atoms with E-state index in [0.717, 1.165) is 16.7 Å². The molecular formula is C19H20O4. The zero-order valence-corrected chi connectivity index (χ0v) is 13.0. The van der Waals surface area contributed by atoms with Crippen LogP contribution in [0.3, 0.4) is 0 Å². The highest BCUT2D eigenvalue weighted by atomic mass is 16.5. The SMILES string of the molecule is C/C(=C\c1ccc(-c2ccccc2)cc1)C(=O)OC[C@H](O)CO. The van der Waals surface area contributed by atoms with Gasteiger partial charge in [-0.25, -0.2) is 4.79 Å². The van der Waals surface area contributed by atoms with Gasteiger partial charge in [-0.2, -0.15) is 0 Å². The predicted molar refractivity (Wildman–Crippen MR) is 89.6 cm³/mol. The van der Waals surface area contributed by atoms with Gasteiger partial charge in [0.25, 0.3) is 0 Å². The topological polar surface area (TPSA) is 66.8 Å². The number of ether oxygens (including phenoxy) is 1. The van der Waals surface area contributed by atoms with E-state index in [-0.39, 0.29) is 6.61 Å². The Morgan fingerprint density at radius 2 is 1.70 bits per heavy atom. The third-order valence-corrected chi connectivity index (χ3v) is 3.34. The first kappa shape index (κ1) is 16.9. The van der Waals surface area contributed by atoms with Crippen molar-refractivity contribution in [3.05, 3.63) is 65.7 Å². The Morgan fingerprint density at radius 3 is 2.30 bits per heavy atom. The summed E-state index contributed by atoms with van der Waals surface area (Å²) in [6, 6.07) is 17.9. The minimum atomic E-state index is -1.04. The van der Waals surface area contributed by atoms with Crippen LogP contribution in [0.2, 0.25) is 0 Å². The van der Waals surface area contributed by atoms with E-state index in [0.29, 0.717) is 5.57 Å². The summed E-state index contributed by atoms with van der Waals surface area (Å²) in [6.07, 6.45) is 0.680. The summed E-state index contributed by atoms with van der Waals surface area (Å²) in [6.45, 7) is 1.00. The summed E-state index contributed by atoms with van der Waals surface area (Å²) in [5, 5.41) is 17.9. The third kappa shape index (κ3) is 5.06. The first-order valence-corrected chi connectivity index (χ1v) is 7.40. The molecule has 0 aliphatic rings. The van der Waals surface area contributed by atoms with Gasteiger partial charge in [0, 0.05) is 5.57 Å². The number of hydrogen-bond donors (Lipinski definition) is 2. The number of rotatable bonds is 6. The molecule has 0 amide bonds. The fraction of sp³-hybridized carbons (Fsp3) is 0.211. The molecular weight excluding hydrogens is 292 g/mol. The molecule has 2 aromatic rings. The molecule has 2 aromatic carbocycles. The Balaban J connectivity index is 2.03. The lowest BCUT2D eigenvalue weighted by Crippen LogP contribution is -2.22. The van der Waals surface area contributed by atoms with Crippen molar-refractivity contribution >= 4 is 12.0 Å². The fourth-order valence-corrected chi connectivity index (χ4v) is 2.05. The van der Waals surface area contributed by atoms with E-state index in [1.807, 2.05) is 54.6 Å². The molecule has 0 saturated heterocycles. The van der Waals surface area contributed by atoms with Crippen molar-refractivity contribution in [3.8, 4) is 11.1 Å². The molecule has 4 heteroatoms. The Hall–Kier alpha value is -2.43. The van der Waals surface area contributed by atoms with E-state index in [1.54, 1.807) is 13.0 Å². The lowest BCUT2D eigenvalue weighted by Gasteiger charge is -2.08. The van der Waals surface area contributed by atoms with Crippen LogP contribution in [0.5, 0.6) is 0 Å². The summed E-state index contributed by atoms with van der Waals surface area (Å²) >= 11 is 0. The number of carbonyl (C=O) groups excluding carboxylic acids is 1. The molecule has 0 fully saturated rings. The maximum atomic E-state index is 11.8. The number of aliphatic hydroxyl groups excluding tert-OH is 2. The third-order valence-electron chi connectivity index (χ3n) is 3.34. The Kier molecular flexibility index (Phi) is 6.09. The molecule has 23 heavy (non-hydrogen) atoms. The van der Waals surface area contributed by atoms with Gasteiger partial charge in [-0.1, -0.05) is 54.6 Å². The molecule has 4 nitrogen and oxygen atoms in total. The van der Waals surface area contributed by atoms with E-state index in [2.05, 4.69) is 0 Å². The summed E-state index contributed by atoms with van der Waals surface area (Å²) in [5.74, 6) is -0.510. The van der Waals surface area contributed by atoms with Crippen molar-refractivity contribution in [2.24, 2.45) is 0 Å². The van der Waals surface area contributed by atoms with Crippen molar-refractivity contribution in [1.82, 2.24) is 0 Å². The highest BCUT2D eigenvalue weighted by Gasteiger charge is 2.09. The second kappa shape index (κ2) is 8.27. The van der Waals surface area contributed by atoms with Crippen molar-refractivity contribution in [2.45, 2.75) is 13.0 Å². The molecule has 0 unspecified atom stereocenters. The van der Waals surface area contributed by atoms with Gasteiger partial charge in [-0.15, -0.1) is 0 Å². The van der Waals surface area contributed by atoms with Crippen LogP contribution in [0.15, 0.2) is 60.2 Å². The van der Waals surface area contributed by atoms with Crippen LogP contribution in [-0.2, 0) is 9.53 Å². The zero-order valence-electron chi connectivity index (χ0n) is 13.0. The van der Waals surface area contributed by atoms with Crippen LogP contribution >= 0.6 is 0 Å². The maximum absolute atomic E-state index is 11.8. The van der Waals surface area contributed by atoms with Crippen molar-refractivity contribution in [2.75, 3.05) is 13.2 Å². The van der Waals surface area contributed by atoms with Crippen LogP contribution in [0.4, 0.5) is 0 Å². The summed E-state index contributed by atoms with van der Waals surface area (Å²) in [4.78, 5) is 11.8. The molecule has 0 aliphatic carbocycles. The standard InChI is InChI=1S/C19H20O4/c1-14(19(22)23-13-18(21)12-20)11-15-7-9-17(10-8-15)16-5-3-2-4-6-16/h2-11,18,20-21H,12-13H2,1H3/b14-11+/t18-/m1/s1. The second-order valence-electron chi connectivity index (χ2n) is 5.25. The molecule has 0 spiro atoms. The van der Waals surface area contributed by atoms with Gasteiger partial charge in [-0.05, 0) is 29.7 Å². The quantitative estimate of drug-likeness (QED) is 0.636. The van der Waals surface area contributed by atoms with Crippen LogP contribution in [0.1, 0.15) is 12.5 Å². The molecule has 1 atom stereocenters. The van der Waals surface area contributed by atoms with E-state index >= 15 is 0 Å². The van der Waals surface area contributed by atoms with Crippen LogP contribution < -0.4 is 0 Å². The number of carbonyl (C=O) groups is 1. The van der Waals surface area contributed by atoms with Crippen molar-refractivity contribution in [3.63, 3.8) is 0 Å². The largest absolute Gasteiger partial charge is 0.459 e. The average Bonchev–Trinajstić information content (AvgIpc) is 2.60. The molecule has 0 aromatic heterocycles. The molecule has 120 valence electrons. The molecule has 0 radical (unpaired) electrons. The normalized spacial score (nSPS) is 12.7. The first-order chi connectivity index (χ1) is 11.1. The van der Waals surface area contributed by atoms with E-state index in [1.165, 1.54) is 0 Å². The lowest BCUT2D eigenvalue weighted by atomic mass is 10.0. The molecule has 2 N–H and O–H groups in total. The van der Waals surface area contributed by atoms with Crippen molar-refractivity contribution < 1.29 is 19.7 Å². The first-order valence-electron chi connectivity index (χ1n) is 7.40. The molecule has 0 bridgehead atoms. The fourth-order valence-electron chi connectivity index (χ4n) is 2.05. The minimum Gasteiger partial charge on any atom is -0.459 e. The van der Waals surface area contributed by atoms with E-state index in [4.69, 9.17) is 9.84 Å². The predicted octanol–water partition coefficient (Wildman–Crippen LogP) is 2.65. The molecule has 2 rings (SSSR count). The Bertz CT molecular complexity index is 660. The zero-order chi connectivity index (χ0) is 16.7. The van der Waals surface area contributed by atoms with Gasteiger partial charge in [0.15, 0.2) is 0 Å². The second-order valence-corrected chi connectivity index (χ2v) is 5.25. The number of benzene rings is 2. The average molecular weight is 312 g/mol. The van der Waals surface area contributed by atoms with Gasteiger partial charge >= 0.3 is 5.97 Å². The lowest BCUT2D eigenvalue weighted by molar-refractivity contribution is -0.142. The molecule has 0 heterocycles. The summed E-state index contributed by atoms with van der Waals surface area (Å²) in [7, 11) is 0. The van der Waals surface area contributed by atoms with Crippen LogP contribution in [0, 0.1) is 0 Å². The molecule has 0 saturated carbocycles. The Labute approximate surface area is 135 Å². The van der Waals surface area contributed by atoms with Crippen LogP contribution in [-0.4, -0.2) is 35.5 Å². The molecule has 0 aliphatic heterocycles. The smallest absolute Gasteiger partial charge is 0.333 e. The summed E-state index contributed by atoms with van der Waals surface area (Å²) < 4.78 is 4.90. The van der Waals surface area contributed by atoms with Gasteiger partial charge in [-0.3, -0.25) is 0 Å². The van der Waals surface area contributed by atoms with Gasteiger partial charge in [0.05, 0.1) is 6.61 Å². The van der Waals surface area contributed by atoms with Crippen molar-refractivity contribution in [1.29, 1.82) is 0 Å². The Morgan fingerprint density at radius 1 is 1.09 bits per heavy atom. The van der Waals surface area contributed by atoms with Crippen LogP contribution in [0.25, 0.3) is 17.2 Å². The minimum absolute atomic E-state index is 0.215. The highest BCUT2D eigenvalue weighted by Crippen LogP contribution is 2.20. The summed E-state index contributed by atoms with van der Waals surface area (Å²) in [5.41, 5.74) is 3.57. The van der Waals surface area contributed by atoms with E-state index in [9.17, 15) is 9.90 Å². The number of aliphatic hydroxyl groups is 2. The number of esters is 1. The highest BCUT2D eigenvalue weighted by molar-refractivity contribution is 5.93. The van der Waals surface area contributed by atoms with E-state index < -0.39 is 18.7 Å². The van der Waals surface area contributed by atoms with Gasteiger partial charge < -0.3 is 14.9 Å².